The molecule has 1 amide bonds. The first kappa shape index (κ1) is 18.3. The number of amides is 1. The Kier molecular flexibility index (Phi) is 5.99. The normalized spacial score (nSPS) is 10.8. The highest BCUT2D eigenvalue weighted by atomic mass is 19.4. The number of anilines is 1. The maximum Gasteiger partial charge on any atom is 0.573 e. The van der Waals surface area contributed by atoms with Gasteiger partial charge >= 0.3 is 12.3 Å². The number of hydrogen-bond donors (Lipinski definition) is 1. The number of esters is 1. The molecule has 0 aliphatic heterocycles. The van der Waals surface area contributed by atoms with Crippen molar-refractivity contribution in [2.75, 3.05) is 5.32 Å². The molecule has 0 unspecified atom stereocenters. The van der Waals surface area contributed by atoms with Gasteiger partial charge in [0.25, 0.3) is 0 Å². The van der Waals surface area contributed by atoms with Crippen LogP contribution < -0.4 is 10.1 Å². The van der Waals surface area contributed by atoms with Crippen molar-refractivity contribution in [1.82, 2.24) is 0 Å². The van der Waals surface area contributed by atoms with Gasteiger partial charge in [-0.2, -0.15) is 0 Å². The standard InChI is InChI=1S/C17H14F3NO4/c18-17(19,20)25-14-8-4-7-13(9-14)21-15(22)10-16(23)24-11-12-5-2-1-3-6-12/h1-9H,10-11H2,(H,21,22). The van der Waals surface area contributed by atoms with Crippen LogP contribution in [0.1, 0.15) is 12.0 Å². The quantitative estimate of drug-likeness (QED) is 0.636. The van der Waals surface area contributed by atoms with Crippen LogP contribution in [0.25, 0.3) is 0 Å². The Morgan fingerprint density at radius 2 is 1.72 bits per heavy atom. The number of ether oxygens (including phenoxy) is 2. The summed E-state index contributed by atoms with van der Waals surface area (Å²) in [5, 5.41) is 2.31. The minimum Gasteiger partial charge on any atom is -0.460 e. The van der Waals surface area contributed by atoms with Crippen LogP contribution in [0, 0.1) is 0 Å². The summed E-state index contributed by atoms with van der Waals surface area (Å²) in [5.74, 6) is -1.93. The van der Waals surface area contributed by atoms with E-state index in [0.29, 0.717) is 0 Å². The molecule has 0 aromatic heterocycles. The summed E-state index contributed by atoms with van der Waals surface area (Å²) in [5.41, 5.74) is 0.843. The highest BCUT2D eigenvalue weighted by Gasteiger charge is 2.31. The van der Waals surface area contributed by atoms with Crippen molar-refractivity contribution in [3.63, 3.8) is 0 Å². The van der Waals surface area contributed by atoms with Crippen LogP contribution in [0.4, 0.5) is 18.9 Å². The molecule has 0 fully saturated rings. The molecule has 0 atom stereocenters. The summed E-state index contributed by atoms with van der Waals surface area (Å²) in [6, 6.07) is 13.7. The second kappa shape index (κ2) is 8.18. The van der Waals surface area contributed by atoms with Crippen molar-refractivity contribution in [3.05, 3.63) is 60.2 Å². The third-order valence-corrected chi connectivity index (χ3v) is 2.90. The largest absolute Gasteiger partial charge is 0.573 e. The number of rotatable bonds is 6. The molecule has 0 bridgehead atoms. The van der Waals surface area contributed by atoms with Gasteiger partial charge in [-0.25, -0.2) is 0 Å². The third kappa shape index (κ3) is 6.94. The van der Waals surface area contributed by atoms with E-state index in [9.17, 15) is 22.8 Å². The molecule has 0 heterocycles. The molecule has 0 saturated heterocycles. The smallest absolute Gasteiger partial charge is 0.460 e. The molecular weight excluding hydrogens is 339 g/mol. The zero-order chi connectivity index (χ0) is 18.3. The van der Waals surface area contributed by atoms with Gasteiger partial charge in [0, 0.05) is 11.8 Å². The molecular formula is C17H14F3NO4. The monoisotopic (exact) mass is 353 g/mol. The molecule has 132 valence electrons. The number of halogens is 3. The van der Waals surface area contributed by atoms with Crippen molar-refractivity contribution in [2.24, 2.45) is 0 Å². The fraction of sp³-hybridized carbons (Fsp3) is 0.176. The molecule has 2 aromatic carbocycles. The molecule has 0 spiro atoms. The molecule has 1 N–H and O–H groups in total. The van der Waals surface area contributed by atoms with Crippen molar-refractivity contribution in [1.29, 1.82) is 0 Å². The summed E-state index contributed by atoms with van der Waals surface area (Å²) in [6.45, 7) is 0.0296. The summed E-state index contributed by atoms with van der Waals surface area (Å²) in [7, 11) is 0. The van der Waals surface area contributed by atoms with Gasteiger partial charge in [0.05, 0.1) is 0 Å². The van der Waals surface area contributed by atoms with Crippen LogP contribution in [0.2, 0.25) is 0 Å². The summed E-state index contributed by atoms with van der Waals surface area (Å²) in [4.78, 5) is 23.4. The molecule has 25 heavy (non-hydrogen) atoms. The zero-order valence-electron chi connectivity index (χ0n) is 12.9. The average molecular weight is 353 g/mol. The van der Waals surface area contributed by atoms with Gasteiger partial charge in [0.15, 0.2) is 0 Å². The lowest BCUT2D eigenvalue weighted by Crippen LogP contribution is -2.19. The van der Waals surface area contributed by atoms with Crippen LogP contribution in [-0.4, -0.2) is 18.2 Å². The Hall–Kier alpha value is -3.03. The minimum atomic E-state index is -4.83. The Morgan fingerprint density at radius 1 is 1.00 bits per heavy atom. The molecule has 2 rings (SSSR count). The lowest BCUT2D eigenvalue weighted by Gasteiger charge is -2.10. The number of hydrogen-bond acceptors (Lipinski definition) is 4. The minimum absolute atomic E-state index is 0.0296. The first-order valence-electron chi connectivity index (χ1n) is 7.17. The van der Waals surface area contributed by atoms with Crippen LogP contribution in [0.5, 0.6) is 5.75 Å². The maximum atomic E-state index is 12.2. The van der Waals surface area contributed by atoms with E-state index in [1.807, 2.05) is 6.07 Å². The van der Waals surface area contributed by atoms with Gasteiger partial charge in [-0.3, -0.25) is 9.59 Å². The lowest BCUT2D eigenvalue weighted by molar-refractivity contribution is -0.274. The Balaban J connectivity index is 1.83. The van der Waals surface area contributed by atoms with E-state index < -0.39 is 30.4 Å². The van der Waals surface area contributed by atoms with Crippen molar-refractivity contribution >= 4 is 17.6 Å². The SMILES string of the molecule is O=C(CC(=O)OCc1ccccc1)Nc1cccc(OC(F)(F)F)c1. The highest BCUT2D eigenvalue weighted by Crippen LogP contribution is 2.25. The first-order chi connectivity index (χ1) is 11.8. The lowest BCUT2D eigenvalue weighted by atomic mass is 10.2. The fourth-order valence-corrected chi connectivity index (χ4v) is 1.90. The van der Waals surface area contributed by atoms with E-state index in [4.69, 9.17) is 4.74 Å². The molecule has 0 radical (unpaired) electrons. The number of nitrogens with one attached hydrogen (secondary N) is 1. The van der Waals surface area contributed by atoms with E-state index in [0.717, 1.165) is 17.7 Å². The van der Waals surface area contributed by atoms with Crippen molar-refractivity contribution < 1.29 is 32.2 Å². The van der Waals surface area contributed by atoms with Crippen LogP contribution in [0.15, 0.2) is 54.6 Å². The maximum absolute atomic E-state index is 12.2. The Labute approximate surface area is 141 Å². The van der Waals surface area contributed by atoms with E-state index in [1.165, 1.54) is 12.1 Å². The Bertz CT molecular complexity index is 732. The summed E-state index contributed by atoms with van der Waals surface area (Å²) >= 11 is 0. The summed E-state index contributed by atoms with van der Waals surface area (Å²) < 4.78 is 45.2. The van der Waals surface area contributed by atoms with Gasteiger partial charge in [0.1, 0.15) is 18.8 Å². The molecule has 8 heteroatoms. The number of benzene rings is 2. The molecule has 0 aliphatic rings. The van der Waals surface area contributed by atoms with Crippen LogP contribution in [0.3, 0.4) is 0 Å². The van der Waals surface area contributed by atoms with Gasteiger partial charge < -0.3 is 14.8 Å². The van der Waals surface area contributed by atoms with E-state index >= 15 is 0 Å². The van der Waals surface area contributed by atoms with Gasteiger partial charge in [0.2, 0.25) is 5.91 Å². The van der Waals surface area contributed by atoms with Crippen LogP contribution >= 0.6 is 0 Å². The van der Waals surface area contributed by atoms with Gasteiger partial charge in [-0.05, 0) is 17.7 Å². The average Bonchev–Trinajstić information content (AvgIpc) is 2.52. The molecule has 5 nitrogen and oxygen atoms in total. The molecule has 0 saturated carbocycles. The second-order valence-electron chi connectivity index (χ2n) is 4.95. The highest BCUT2D eigenvalue weighted by molar-refractivity contribution is 6.01. The number of alkyl halides is 3. The number of carbonyl (C=O) groups is 2. The van der Waals surface area contributed by atoms with Crippen molar-refractivity contribution in [3.8, 4) is 5.75 Å². The predicted molar refractivity (Wildman–Crippen MR) is 82.6 cm³/mol. The zero-order valence-corrected chi connectivity index (χ0v) is 12.9. The van der Waals surface area contributed by atoms with E-state index in [-0.39, 0.29) is 12.3 Å². The van der Waals surface area contributed by atoms with Gasteiger partial charge in [-0.15, -0.1) is 13.2 Å². The summed E-state index contributed by atoms with van der Waals surface area (Å²) in [6.07, 6.45) is -5.39. The number of carbonyl (C=O) groups excluding carboxylic acids is 2. The van der Waals surface area contributed by atoms with Crippen molar-refractivity contribution in [2.45, 2.75) is 19.4 Å². The Morgan fingerprint density at radius 3 is 2.40 bits per heavy atom. The molecule has 0 aliphatic carbocycles. The van der Waals surface area contributed by atoms with E-state index in [2.05, 4.69) is 10.1 Å². The fourth-order valence-electron chi connectivity index (χ4n) is 1.90. The predicted octanol–water partition coefficient (Wildman–Crippen LogP) is 3.66. The van der Waals surface area contributed by atoms with E-state index in [1.54, 1.807) is 24.3 Å². The second-order valence-corrected chi connectivity index (χ2v) is 4.95. The third-order valence-electron chi connectivity index (χ3n) is 2.90. The molecule has 2 aromatic rings. The topological polar surface area (TPSA) is 64.6 Å². The van der Waals surface area contributed by atoms with Gasteiger partial charge in [-0.1, -0.05) is 36.4 Å². The first-order valence-corrected chi connectivity index (χ1v) is 7.17. The van der Waals surface area contributed by atoms with Crippen LogP contribution in [-0.2, 0) is 20.9 Å².